The molecular formula is C11H16BrN3. The van der Waals surface area contributed by atoms with E-state index >= 15 is 0 Å². The first kappa shape index (κ1) is 10.9. The van der Waals surface area contributed by atoms with Gasteiger partial charge < -0.3 is 5.73 Å². The molecule has 1 fully saturated rings. The Morgan fingerprint density at radius 2 is 1.87 bits per heavy atom. The third-order valence-electron chi connectivity index (χ3n) is 2.55. The number of nitrogen functional groups attached to an aromatic ring is 1. The molecule has 0 atom stereocenters. The lowest BCUT2D eigenvalue weighted by Crippen LogP contribution is -2.17. The van der Waals surface area contributed by atoms with Crippen LogP contribution in [0.1, 0.15) is 51.0 Å². The summed E-state index contributed by atoms with van der Waals surface area (Å²) < 4.78 is 0.847. The van der Waals surface area contributed by atoms with Crippen molar-refractivity contribution in [3.8, 4) is 0 Å². The predicted octanol–water partition coefficient (Wildman–Crippen LogP) is 3.00. The summed E-state index contributed by atoms with van der Waals surface area (Å²) in [5, 5.41) is 0. The number of aromatic nitrogens is 2. The minimum absolute atomic E-state index is 0.000463. The Kier molecular flexibility index (Phi) is 2.49. The van der Waals surface area contributed by atoms with Gasteiger partial charge in [0.15, 0.2) is 0 Å². The maximum atomic E-state index is 5.89. The zero-order valence-electron chi connectivity index (χ0n) is 9.34. The Morgan fingerprint density at radius 1 is 1.27 bits per heavy atom. The number of anilines is 1. The van der Waals surface area contributed by atoms with Crippen LogP contribution in [-0.4, -0.2) is 9.97 Å². The summed E-state index contributed by atoms with van der Waals surface area (Å²) in [6.07, 6.45) is 2.40. The first-order valence-electron chi connectivity index (χ1n) is 5.23. The lowest BCUT2D eigenvalue weighted by molar-refractivity contribution is 0.559. The fourth-order valence-corrected chi connectivity index (χ4v) is 2.28. The molecule has 3 nitrogen and oxygen atoms in total. The summed E-state index contributed by atoms with van der Waals surface area (Å²) in [5.41, 5.74) is 6.90. The Bertz CT molecular complexity index is 392. The molecule has 0 unspecified atom stereocenters. The first-order chi connectivity index (χ1) is 6.89. The minimum atomic E-state index is -0.000463. The molecule has 1 aromatic heterocycles. The van der Waals surface area contributed by atoms with Crippen molar-refractivity contribution in [2.24, 2.45) is 0 Å². The Morgan fingerprint density at radius 3 is 2.33 bits per heavy atom. The van der Waals surface area contributed by atoms with Crippen molar-refractivity contribution in [3.05, 3.63) is 16.0 Å². The molecule has 1 saturated carbocycles. The number of halogens is 1. The molecule has 0 saturated heterocycles. The van der Waals surface area contributed by atoms with E-state index in [1.807, 2.05) is 0 Å². The number of nitrogens with zero attached hydrogens (tertiary/aromatic N) is 2. The molecular weight excluding hydrogens is 254 g/mol. The molecule has 0 bridgehead atoms. The van der Waals surface area contributed by atoms with Crippen LogP contribution >= 0.6 is 15.9 Å². The zero-order chi connectivity index (χ0) is 11.2. The number of hydrogen-bond acceptors (Lipinski definition) is 3. The van der Waals surface area contributed by atoms with E-state index in [2.05, 4.69) is 46.7 Å². The summed E-state index contributed by atoms with van der Waals surface area (Å²) in [6.45, 7) is 6.41. The van der Waals surface area contributed by atoms with Gasteiger partial charge in [-0.25, -0.2) is 9.97 Å². The highest BCUT2D eigenvalue weighted by Crippen LogP contribution is 2.40. The van der Waals surface area contributed by atoms with Gasteiger partial charge in [-0.15, -0.1) is 0 Å². The van der Waals surface area contributed by atoms with Crippen molar-refractivity contribution in [1.29, 1.82) is 0 Å². The van der Waals surface area contributed by atoms with Crippen LogP contribution in [-0.2, 0) is 5.41 Å². The van der Waals surface area contributed by atoms with Crippen LogP contribution < -0.4 is 5.73 Å². The van der Waals surface area contributed by atoms with E-state index in [1.165, 1.54) is 12.8 Å². The minimum Gasteiger partial charge on any atom is -0.383 e. The van der Waals surface area contributed by atoms with Crippen LogP contribution in [0.25, 0.3) is 0 Å². The van der Waals surface area contributed by atoms with Gasteiger partial charge in [0, 0.05) is 11.3 Å². The van der Waals surface area contributed by atoms with Crippen molar-refractivity contribution in [3.63, 3.8) is 0 Å². The summed E-state index contributed by atoms with van der Waals surface area (Å²) >= 11 is 3.47. The number of rotatable bonds is 1. The van der Waals surface area contributed by atoms with Crippen LogP contribution in [0.4, 0.5) is 5.82 Å². The maximum absolute atomic E-state index is 5.89. The van der Waals surface area contributed by atoms with Gasteiger partial charge in [0.05, 0.1) is 10.2 Å². The predicted molar refractivity (Wildman–Crippen MR) is 64.8 cm³/mol. The Hall–Kier alpha value is -0.640. The topological polar surface area (TPSA) is 51.8 Å². The molecule has 0 radical (unpaired) electrons. The Labute approximate surface area is 98.6 Å². The molecule has 1 aliphatic carbocycles. The molecule has 82 valence electrons. The van der Waals surface area contributed by atoms with Crippen molar-refractivity contribution in [2.75, 3.05) is 5.73 Å². The van der Waals surface area contributed by atoms with Gasteiger partial charge in [0.2, 0.25) is 0 Å². The smallest absolute Gasteiger partial charge is 0.141 e. The molecule has 1 heterocycles. The standard InChI is InChI=1S/C11H16BrN3/c1-11(2,3)8-7(12)9(13)15-10(14-8)6-4-5-6/h6H,4-5H2,1-3H3,(H2,13,14,15). The molecule has 2 N–H and O–H groups in total. The summed E-state index contributed by atoms with van der Waals surface area (Å²) in [6, 6.07) is 0. The van der Waals surface area contributed by atoms with Gasteiger partial charge in [0.1, 0.15) is 11.6 Å². The first-order valence-corrected chi connectivity index (χ1v) is 6.02. The highest BCUT2D eigenvalue weighted by atomic mass is 79.9. The van der Waals surface area contributed by atoms with Crippen molar-refractivity contribution in [2.45, 2.75) is 44.9 Å². The lowest BCUT2D eigenvalue weighted by Gasteiger charge is -2.20. The molecule has 1 aliphatic rings. The van der Waals surface area contributed by atoms with E-state index in [0.29, 0.717) is 11.7 Å². The number of hydrogen-bond donors (Lipinski definition) is 1. The van der Waals surface area contributed by atoms with E-state index in [0.717, 1.165) is 16.0 Å². The van der Waals surface area contributed by atoms with E-state index in [9.17, 15) is 0 Å². The molecule has 1 aromatic rings. The molecule has 0 aromatic carbocycles. The molecule has 0 amide bonds. The fourth-order valence-electron chi connectivity index (χ4n) is 1.50. The number of nitrogens with two attached hydrogens (primary N) is 1. The van der Waals surface area contributed by atoms with Crippen LogP contribution in [0.3, 0.4) is 0 Å². The van der Waals surface area contributed by atoms with E-state index in [-0.39, 0.29) is 5.41 Å². The molecule has 2 rings (SSSR count). The maximum Gasteiger partial charge on any atom is 0.141 e. The highest BCUT2D eigenvalue weighted by Gasteiger charge is 2.30. The van der Waals surface area contributed by atoms with Crippen LogP contribution in [0, 0.1) is 0 Å². The second-order valence-electron chi connectivity index (χ2n) is 5.15. The summed E-state index contributed by atoms with van der Waals surface area (Å²) in [7, 11) is 0. The van der Waals surface area contributed by atoms with Gasteiger partial charge in [-0.05, 0) is 28.8 Å². The highest BCUT2D eigenvalue weighted by molar-refractivity contribution is 9.10. The SMILES string of the molecule is CC(C)(C)c1nc(C2CC2)nc(N)c1Br. The fraction of sp³-hybridized carbons (Fsp3) is 0.636. The summed E-state index contributed by atoms with van der Waals surface area (Å²) in [4.78, 5) is 8.96. The van der Waals surface area contributed by atoms with Gasteiger partial charge in [-0.2, -0.15) is 0 Å². The van der Waals surface area contributed by atoms with Crippen LogP contribution in [0.5, 0.6) is 0 Å². The second kappa shape index (κ2) is 3.44. The third kappa shape index (κ3) is 2.14. The Balaban J connectivity index is 2.52. The van der Waals surface area contributed by atoms with Crippen LogP contribution in [0.15, 0.2) is 4.47 Å². The normalized spacial score (nSPS) is 16.8. The zero-order valence-corrected chi connectivity index (χ0v) is 10.9. The average molecular weight is 270 g/mol. The van der Waals surface area contributed by atoms with Crippen molar-refractivity contribution in [1.82, 2.24) is 9.97 Å². The summed E-state index contributed by atoms with van der Waals surface area (Å²) in [5.74, 6) is 2.03. The quantitative estimate of drug-likeness (QED) is 0.853. The second-order valence-corrected chi connectivity index (χ2v) is 5.95. The van der Waals surface area contributed by atoms with Gasteiger partial charge in [-0.1, -0.05) is 20.8 Å². The van der Waals surface area contributed by atoms with Gasteiger partial charge in [-0.3, -0.25) is 0 Å². The van der Waals surface area contributed by atoms with Gasteiger partial charge in [0.25, 0.3) is 0 Å². The van der Waals surface area contributed by atoms with E-state index in [4.69, 9.17) is 5.73 Å². The third-order valence-corrected chi connectivity index (χ3v) is 3.33. The lowest BCUT2D eigenvalue weighted by atomic mass is 9.92. The largest absolute Gasteiger partial charge is 0.383 e. The molecule has 4 heteroatoms. The van der Waals surface area contributed by atoms with E-state index < -0.39 is 0 Å². The van der Waals surface area contributed by atoms with E-state index in [1.54, 1.807) is 0 Å². The van der Waals surface area contributed by atoms with Gasteiger partial charge >= 0.3 is 0 Å². The van der Waals surface area contributed by atoms with Crippen molar-refractivity contribution >= 4 is 21.7 Å². The average Bonchev–Trinajstić information content (AvgIpc) is 2.90. The molecule has 0 spiro atoms. The molecule has 0 aliphatic heterocycles. The monoisotopic (exact) mass is 269 g/mol. The van der Waals surface area contributed by atoms with Crippen LogP contribution in [0.2, 0.25) is 0 Å². The molecule has 15 heavy (non-hydrogen) atoms. The van der Waals surface area contributed by atoms with Crippen molar-refractivity contribution < 1.29 is 0 Å².